The zero-order valence-corrected chi connectivity index (χ0v) is 24.2. The lowest BCUT2D eigenvalue weighted by molar-refractivity contribution is -0.260. The van der Waals surface area contributed by atoms with E-state index >= 15 is 0 Å². The molecule has 222 valence electrons. The van der Waals surface area contributed by atoms with Crippen molar-refractivity contribution in [2.75, 3.05) is 13.2 Å². The van der Waals surface area contributed by atoms with Crippen LogP contribution in [0, 0.1) is 39.4 Å². The third-order valence-electron chi connectivity index (χ3n) is 12.1. The Kier molecular flexibility index (Phi) is 6.79. The third kappa shape index (κ3) is 3.87. The number of Topliss-reactive ketones (excluding diaryl/α,β-unsaturated/α-hetero) is 1. The smallest absolute Gasteiger partial charge is 0.482 e. The van der Waals surface area contributed by atoms with Crippen LogP contribution in [-0.4, -0.2) is 59.5 Å². The van der Waals surface area contributed by atoms with Gasteiger partial charge in [-0.15, -0.1) is 6.58 Å². The lowest BCUT2D eigenvalue weighted by Gasteiger charge is -2.72. The third-order valence-corrected chi connectivity index (χ3v) is 12.1. The molecule has 0 radical (unpaired) electrons. The molecule has 5 aliphatic rings. The number of ketones is 1. The number of hydrogen-bond donors (Lipinski definition) is 4. The van der Waals surface area contributed by atoms with E-state index in [1.165, 1.54) is 0 Å². The maximum atomic E-state index is 13.5. The van der Waals surface area contributed by atoms with E-state index in [-0.39, 0.29) is 49.9 Å². The number of ether oxygens (including phenoxy) is 2. The Morgan fingerprint density at radius 3 is 2.73 bits per heavy atom. The molecule has 4 saturated carbocycles. The number of hydrogen-bond acceptors (Lipinski definition) is 9. The number of esters is 1. The summed E-state index contributed by atoms with van der Waals surface area (Å²) in [6.45, 7) is 10.6. The van der Waals surface area contributed by atoms with Crippen LogP contribution >= 0.6 is 0 Å². The summed E-state index contributed by atoms with van der Waals surface area (Å²) in [7, 11) is -1.06. The molecule has 41 heavy (non-hydrogen) atoms. The number of rotatable bonds is 7. The van der Waals surface area contributed by atoms with Crippen LogP contribution in [0.25, 0.3) is 0 Å². The monoisotopic (exact) mass is 567 g/mol. The van der Waals surface area contributed by atoms with Gasteiger partial charge in [0.15, 0.2) is 12.4 Å². The number of aliphatic hydroxyl groups excluding tert-OH is 2. The van der Waals surface area contributed by atoms with Gasteiger partial charge in [0.2, 0.25) is 0 Å². The molecule has 0 amide bonds. The second kappa shape index (κ2) is 9.64. The fourth-order valence-corrected chi connectivity index (χ4v) is 9.96. The van der Waals surface area contributed by atoms with Gasteiger partial charge >= 0.3 is 13.1 Å². The lowest BCUT2D eigenvalue weighted by atomic mass is 9.31. The predicted octanol–water partition coefficient (Wildman–Crippen LogP) is 1.62. The zero-order valence-electron chi connectivity index (χ0n) is 24.2. The van der Waals surface area contributed by atoms with Crippen molar-refractivity contribution in [1.29, 1.82) is 0 Å². The molecule has 1 aromatic carbocycles. The summed E-state index contributed by atoms with van der Waals surface area (Å²) in [6, 6.07) is 3.41. The number of fused-ring (bicyclic) bond motifs is 1. The zero-order chi connectivity index (χ0) is 29.5. The summed E-state index contributed by atoms with van der Waals surface area (Å²) in [5.74, 6) is -0.359. The SMILES string of the molecule is C=C[C@]1(C)CC[C@@]2(COC(=O)COc3cc(CN)c4c(c3)B(O)OC4)[C@@H]3C4(C[C@H]2C)C[C@]3(C[C@H](O)C4=O)[C@@H](C)[C@@H]1O. The molecule has 6 rings (SSSR count). The van der Waals surface area contributed by atoms with Crippen LogP contribution in [-0.2, 0) is 32.1 Å². The van der Waals surface area contributed by atoms with Crippen molar-refractivity contribution in [3.05, 3.63) is 35.9 Å². The fraction of sp³-hybridized carbons (Fsp3) is 0.677. The van der Waals surface area contributed by atoms with Crippen LogP contribution in [0.4, 0.5) is 0 Å². The lowest BCUT2D eigenvalue weighted by Crippen LogP contribution is -2.73. The molecule has 0 saturated heterocycles. The second-order valence-electron chi connectivity index (χ2n) is 13.8. The second-order valence-corrected chi connectivity index (χ2v) is 13.8. The molecule has 10 heteroatoms. The Bertz CT molecular complexity index is 1290. The van der Waals surface area contributed by atoms with E-state index in [0.29, 0.717) is 43.3 Å². The highest BCUT2D eigenvalue weighted by Gasteiger charge is 2.82. The van der Waals surface area contributed by atoms with E-state index in [4.69, 9.17) is 19.9 Å². The summed E-state index contributed by atoms with van der Waals surface area (Å²) in [4.78, 5) is 26.6. The van der Waals surface area contributed by atoms with E-state index in [2.05, 4.69) is 13.5 Å². The van der Waals surface area contributed by atoms with Crippen molar-refractivity contribution in [2.45, 2.75) is 78.2 Å². The molecule has 2 bridgehead atoms. The van der Waals surface area contributed by atoms with Crippen LogP contribution in [0.5, 0.6) is 5.75 Å². The molecule has 5 N–H and O–H groups in total. The highest BCUT2D eigenvalue weighted by atomic mass is 16.6. The van der Waals surface area contributed by atoms with Crippen molar-refractivity contribution >= 4 is 24.3 Å². The molecule has 1 aliphatic heterocycles. The number of carbonyl (C=O) groups is 2. The first kappa shape index (κ1) is 28.9. The minimum atomic E-state index is -1.06. The first-order valence-electron chi connectivity index (χ1n) is 14.9. The van der Waals surface area contributed by atoms with Crippen LogP contribution in [0.1, 0.15) is 64.0 Å². The number of benzene rings is 1. The van der Waals surface area contributed by atoms with E-state index in [1.807, 2.05) is 19.9 Å². The topological polar surface area (TPSA) is 149 Å². The van der Waals surface area contributed by atoms with Crippen molar-refractivity contribution in [1.82, 2.24) is 0 Å². The van der Waals surface area contributed by atoms with Gasteiger partial charge in [0.1, 0.15) is 11.9 Å². The summed E-state index contributed by atoms with van der Waals surface area (Å²) in [5.41, 5.74) is 6.03. The van der Waals surface area contributed by atoms with Crippen LogP contribution in [0.15, 0.2) is 24.8 Å². The van der Waals surface area contributed by atoms with Gasteiger partial charge in [-0.3, -0.25) is 4.79 Å². The van der Waals surface area contributed by atoms with Crippen molar-refractivity contribution < 1.29 is 39.0 Å². The van der Waals surface area contributed by atoms with Gasteiger partial charge in [-0.25, -0.2) is 4.79 Å². The Balaban J connectivity index is 1.25. The molecule has 9 nitrogen and oxygen atoms in total. The Morgan fingerprint density at radius 1 is 1.27 bits per heavy atom. The average Bonchev–Trinajstić information content (AvgIpc) is 3.42. The number of carbonyl (C=O) groups excluding carboxylic acids is 2. The number of nitrogens with two attached hydrogens (primary N) is 1. The van der Waals surface area contributed by atoms with Crippen molar-refractivity contribution in [2.24, 2.45) is 45.1 Å². The maximum Gasteiger partial charge on any atom is 0.491 e. The normalized spacial score (nSPS) is 42.5. The van der Waals surface area contributed by atoms with E-state index in [1.54, 1.807) is 12.1 Å². The van der Waals surface area contributed by atoms with Crippen LogP contribution < -0.4 is 15.9 Å². The largest absolute Gasteiger partial charge is 0.491 e. The molecule has 9 atom stereocenters. The summed E-state index contributed by atoms with van der Waals surface area (Å²) >= 11 is 0. The van der Waals surface area contributed by atoms with Gasteiger partial charge in [0, 0.05) is 22.8 Å². The fourth-order valence-electron chi connectivity index (χ4n) is 9.96. The molecule has 1 heterocycles. The molecule has 2 spiro atoms. The number of aliphatic hydroxyl groups is 2. The summed E-state index contributed by atoms with van der Waals surface area (Å²) in [6.07, 6.45) is 3.12. The van der Waals surface area contributed by atoms with Crippen molar-refractivity contribution in [3.63, 3.8) is 0 Å². The van der Waals surface area contributed by atoms with Crippen LogP contribution in [0.2, 0.25) is 0 Å². The Labute approximate surface area is 241 Å². The van der Waals surface area contributed by atoms with Crippen molar-refractivity contribution in [3.8, 4) is 5.75 Å². The summed E-state index contributed by atoms with van der Waals surface area (Å²) < 4.78 is 17.1. The first-order valence-corrected chi connectivity index (χ1v) is 14.9. The van der Waals surface area contributed by atoms with Gasteiger partial charge in [-0.2, -0.15) is 0 Å². The molecule has 4 aliphatic carbocycles. The van der Waals surface area contributed by atoms with Gasteiger partial charge in [-0.05, 0) is 84.0 Å². The predicted molar refractivity (Wildman–Crippen MR) is 151 cm³/mol. The highest BCUT2D eigenvalue weighted by molar-refractivity contribution is 6.61. The van der Waals surface area contributed by atoms with Gasteiger partial charge in [0.05, 0.1) is 19.3 Å². The summed E-state index contributed by atoms with van der Waals surface area (Å²) in [5, 5.41) is 32.6. The van der Waals surface area contributed by atoms with E-state index in [0.717, 1.165) is 11.1 Å². The van der Waals surface area contributed by atoms with Gasteiger partial charge in [-0.1, -0.05) is 26.8 Å². The van der Waals surface area contributed by atoms with Crippen LogP contribution in [0.3, 0.4) is 0 Å². The Hall–Kier alpha value is -2.24. The maximum absolute atomic E-state index is 13.5. The standard InChI is InChI=1S/C31H42BNO8/c1-5-28(4)6-7-29(16-40-24(35)14-39-20-8-19(12-33)21-13-41-32(38)22(21)9-20)17(2)10-31-15-30(27(29)31,18(3)25(28)36)11-23(34)26(31)37/h5,8-9,17-18,23,25,27,34,36,38H,1,6-7,10-16,33H2,2-4H3/t17-,18+,23+,25+,27+,28-,29+,30-,31?/m1/s1. The van der Waals surface area contributed by atoms with E-state index in [9.17, 15) is 24.8 Å². The van der Waals surface area contributed by atoms with E-state index < -0.39 is 47.0 Å². The minimum Gasteiger partial charge on any atom is -0.482 e. The molecule has 1 aromatic rings. The molecule has 0 aromatic heterocycles. The minimum absolute atomic E-state index is 0.0774. The van der Waals surface area contributed by atoms with Gasteiger partial charge < -0.3 is 35.1 Å². The Morgan fingerprint density at radius 2 is 2.02 bits per heavy atom. The van der Waals surface area contributed by atoms with Gasteiger partial charge in [0.25, 0.3) is 0 Å². The molecule has 1 unspecified atom stereocenters. The highest BCUT2D eigenvalue weighted by Crippen LogP contribution is 2.82. The first-order chi connectivity index (χ1) is 19.4. The molecule has 4 fully saturated rings. The molecular formula is C31H42BNO8. The average molecular weight is 567 g/mol. The quantitative estimate of drug-likeness (QED) is 0.219. The molecular weight excluding hydrogens is 525 g/mol.